The molecule has 2 atom stereocenters. The maximum atomic E-state index is 11.4. The van der Waals surface area contributed by atoms with E-state index in [0.717, 1.165) is 44.1 Å². The molecular weight excluding hydrogens is 260 g/mol. The summed E-state index contributed by atoms with van der Waals surface area (Å²) < 4.78 is 0. The lowest BCUT2D eigenvalue weighted by Crippen LogP contribution is -2.35. The van der Waals surface area contributed by atoms with E-state index < -0.39 is 0 Å². The van der Waals surface area contributed by atoms with Crippen molar-refractivity contribution in [2.45, 2.75) is 70.3 Å². The van der Waals surface area contributed by atoms with Crippen LogP contribution in [-0.4, -0.2) is 10.9 Å². The number of Topliss-reactive ketones (excluding diaryl/α,β-unsaturated/α-hetero) is 1. The molecule has 0 aliphatic heterocycles. The highest BCUT2D eigenvalue weighted by atomic mass is 16.3. The second-order valence-corrected chi connectivity index (χ2v) is 7.01. The third-order valence-electron chi connectivity index (χ3n) is 5.65. The van der Waals surface area contributed by atoms with Crippen LogP contribution >= 0.6 is 0 Å². The van der Waals surface area contributed by atoms with E-state index in [1.165, 1.54) is 12.0 Å². The Kier molecular flexibility index (Phi) is 4.17. The Morgan fingerprint density at radius 1 is 1.29 bits per heavy atom. The Bertz CT molecular complexity index is 499. The molecule has 0 saturated heterocycles. The first-order valence-corrected chi connectivity index (χ1v) is 8.44. The van der Waals surface area contributed by atoms with Crippen LogP contribution in [0.1, 0.15) is 81.4 Å². The molecule has 2 aliphatic carbocycles. The van der Waals surface area contributed by atoms with Crippen LogP contribution in [0.15, 0.2) is 24.3 Å². The van der Waals surface area contributed by atoms with E-state index in [4.69, 9.17) is 0 Å². The van der Waals surface area contributed by atoms with Gasteiger partial charge in [-0.1, -0.05) is 44.0 Å². The lowest BCUT2D eigenvalue weighted by Gasteiger charge is -2.46. The van der Waals surface area contributed by atoms with Crippen LogP contribution < -0.4 is 0 Å². The highest BCUT2D eigenvalue weighted by Crippen LogP contribution is 2.53. The van der Waals surface area contributed by atoms with Crippen LogP contribution in [0.5, 0.6) is 0 Å². The van der Waals surface area contributed by atoms with E-state index in [0.29, 0.717) is 18.1 Å². The van der Waals surface area contributed by atoms with Gasteiger partial charge in [0.1, 0.15) is 5.78 Å². The standard InChI is InChI=1S/C19H26O2/c1-2-10-19(11-3-12-19)18(21)15-6-4-14(5-7-15)16-8-9-17(20)13-16/h4-7,16,18,21H,2-3,8-13H2,1H3. The lowest BCUT2D eigenvalue weighted by atomic mass is 9.61. The number of hydrogen-bond donors (Lipinski definition) is 1. The first-order valence-electron chi connectivity index (χ1n) is 8.44. The second kappa shape index (κ2) is 5.92. The molecule has 2 unspecified atom stereocenters. The van der Waals surface area contributed by atoms with Gasteiger partial charge in [0.2, 0.25) is 0 Å². The summed E-state index contributed by atoms with van der Waals surface area (Å²) in [5.41, 5.74) is 2.44. The van der Waals surface area contributed by atoms with Crippen LogP contribution in [0, 0.1) is 5.41 Å². The fourth-order valence-corrected chi connectivity index (χ4v) is 4.19. The third-order valence-corrected chi connectivity index (χ3v) is 5.65. The molecule has 2 aliphatic rings. The Morgan fingerprint density at radius 3 is 2.48 bits per heavy atom. The minimum absolute atomic E-state index is 0.125. The van der Waals surface area contributed by atoms with Gasteiger partial charge < -0.3 is 5.11 Å². The van der Waals surface area contributed by atoms with Gasteiger partial charge in [-0.2, -0.15) is 0 Å². The molecule has 0 bridgehead atoms. The molecule has 3 rings (SSSR count). The fraction of sp³-hybridized carbons (Fsp3) is 0.632. The van der Waals surface area contributed by atoms with Crippen molar-refractivity contribution in [3.63, 3.8) is 0 Å². The van der Waals surface area contributed by atoms with Gasteiger partial charge in [-0.3, -0.25) is 4.79 Å². The average molecular weight is 286 g/mol. The zero-order chi connectivity index (χ0) is 14.9. The SMILES string of the molecule is CCCC1(C(O)c2ccc(C3CCC(=O)C3)cc2)CCC1. The third kappa shape index (κ3) is 2.78. The molecule has 2 heteroatoms. The van der Waals surface area contributed by atoms with Crippen molar-refractivity contribution in [2.75, 3.05) is 0 Å². The van der Waals surface area contributed by atoms with Crippen LogP contribution in [-0.2, 0) is 4.79 Å². The van der Waals surface area contributed by atoms with Crippen LogP contribution in [0.4, 0.5) is 0 Å². The molecule has 0 spiro atoms. The van der Waals surface area contributed by atoms with Crippen molar-refractivity contribution in [1.82, 2.24) is 0 Å². The lowest BCUT2D eigenvalue weighted by molar-refractivity contribution is -0.117. The monoisotopic (exact) mass is 286 g/mol. The van der Waals surface area contributed by atoms with Gasteiger partial charge in [-0.05, 0) is 42.7 Å². The molecule has 1 aromatic carbocycles. The van der Waals surface area contributed by atoms with Gasteiger partial charge >= 0.3 is 0 Å². The zero-order valence-corrected chi connectivity index (χ0v) is 13.0. The van der Waals surface area contributed by atoms with E-state index in [1.54, 1.807) is 0 Å². The second-order valence-electron chi connectivity index (χ2n) is 7.01. The number of ketones is 1. The van der Waals surface area contributed by atoms with Crippen molar-refractivity contribution < 1.29 is 9.90 Å². The zero-order valence-electron chi connectivity index (χ0n) is 13.0. The predicted octanol–water partition coefficient (Wildman–Crippen LogP) is 4.53. The molecule has 21 heavy (non-hydrogen) atoms. The molecular formula is C19H26O2. The van der Waals surface area contributed by atoms with Crippen molar-refractivity contribution in [2.24, 2.45) is 5.41 Å². The summed E-state index contributed by atoms with van der Waals surface area (Å²) in [7, 11) is 0. The number of hydrogen-bond acceptors (Lipinski definition) is 2. The van der Waals surface area contributed by atoms with E-state index in [9.17, 15) is 9.90 Å². The minimum Gasteiger partial charge on any atom is -0.388 e. The van der Waals surface area contributed by atoms with Gasteiger partial charge in [0.15, 0.2) is 0 Å². The Labute approximate surface area is 127 Å². The first kappa shape index (κ1) is 14.8. The normalized spacial score (nSPS) is 25.6. The molecule has 2 fully saturated rings. The molecule has 0 aromatic heterocycles. The summed E-state index contributed by atoms with van der Waals surface area (Å²) in [6.45, 7) is 2.20. The summed E-state index contributed by atoms with van der Waals surface area (Å²) in [6.07, 6.45) is 7.90. The number of aliphatic hydroxyl groups excluding tert-OH is 1. The number of benzene rings is 1. The van der Waals surface area contributed by atoms with Gasteiger partial charge in [0, 0.05) is 18.3 Å². The average Bonchev–Trinajstić information content (AvgIpc) is 2.89. The number of aliphatic hydroxyl groups is 1. The van der Waals surface area contributed by atoms with Gasteiger partial charge in [-0.25, -0.2) is 0 Å². The smallest absolute Gasteiger partial charge is 0.133 e. The molecule has 0 radical (unpaired) electrons. The van der Waals surface area contributed by atoms with E-state index >= 15 is 0 Å². The fourth-order valence-electron chi connectivity index (χ4n) is 4.19. The van der Waals surface area contributed by atoms with Crippen molar-refractivity contribution in [3.8, 4) is 0 Å². The first-order chi connectivity index (χ1) is 10.1. The Morgan fingerprint density at radius 2 is 2.00 bits per heavy atom. The van der Waals surface area contributed by atoms with E-state index in [1.807, 2.05) is 0 Å². The summed E-state index contributed by atoms with van der Waals surface area (Å²) in [5, 5.41) is 10.8. The van der Waals surface area contributed by atoms with E-state index in [-0.39, 0.29) is 11.5 Å². The molecule has 114 valence electrons. The van der Waals surface area contributed by atoms with Crippen LogP contribution in [0.3, 0.4) is 0 Å². The summed E-state index contributed by atoms with van der Waals surface area (Å²) in [4.78, 5) is 11.4. The van der Waals surface area contributed by atoms with Gasteiger partial charge in [0.25, 0.3) is 0 Å². The highest BCUT2D eigenvalue weighted by molar-refractivity contribution is 5.81. The molecule has 0 heterocycles. The predicted molar refractivity (Wildman–Crippen MR) is 84.2 cm³/mol. The highest BCUT2D eigenvalue weighted by Gasteiger charge is 2.43. The summed E-state index contributed by atoms with van der Waals surface area (Å²) >= 11 is 0. The van der Waals surface area contributed by atoms with Crippen molar-refractivity contribution in [3.05, 3.63) is 35.4 Å². The van der Waals surface area contributed by atoms with Crippen molar-refractivity contribution >= 4 is 5.78 Å². The van der Waals surface area contributed by atoms with Crippen LogP contribution in [0.2, 0.25) is 0 Å². The largest absolute Gasteiger partial charge is 0.388 e. The quantitative estimate of drug-likeness (QED) is 0.863. The number of rotatable bonds is 5. The molecule has 1 aromatic rings. The van der Waals surface area contributed by atoms with Gasteiger partial charge in [0.05, 0.1) is 6.10 Å². The van der Waals surface area contributed by atoms with Crippen LogP contribution in [0.25, 0.3) is 0 Å². The summed E-state index contributed by atoms with van der Waals surface area (Å²) in [5.74, 6) is 0.789. The molecule has 1 N–H and O–H groups in total. The Balaban J connectivity index is 1.73. The van der Waals surface area contributed by atoms with E-state index in [2.05, 4.69) is 31.2 Å². The summed E-state index contributed by atoms with van der Waals surface area (Å²) in [6, 6.07) is 8.41. The number of carbonyl (C=O) groups excluding carboxylic acids is 1. The molecule has 2 saturated carbocycles. The maximum absolute atomic E-state index is 11.4. The molecule has 2 nitrogen and oxygen atoms in total. The maximum Gasteiger partial charge on any atom is 0.133 e. The minimum atomic E-state index is -0.328. The van der Waals surface area contributed by atoms with Crippen molar-refractivity contribution in [1.29, 1.82) is 0 Å². The number of carbonyl (C=O) groups is 1. The van der Waals surface area contributed by atoms with Gasteiger partial charge in [-0.15, -0.1) is 0 Å². The molecule has 0 amide bonds. The topological polar surface area (TPSA) is 37.3 Å². The Hall–Kier alpha value is -1.15.